The van der Waals surface area contributed by atoms with Gasteiger partial charge in [-0.2, -0.15) is 0 Å². The Morgan fingerprint density at radius 1 is 1.24 bits per heavy atom. The molecule has 0 fully saturated rings. The topological polar surface area (TPSA) is 92.8 Å². The standard InChI is InChI=1S/C27H27NO5S/c1-18-23(14-15-32-22-12-8-19(9-13-22)17-27(2,31)26(29)30)28-25(33-18)21-6-3-5-20(10-11-21)24-7-4-16-34-24/h3-5,7-13,16,31H,6,14-15,17H2,1-2H3,(H,29,30). The van der Waals surface area contributed by atoms with Crippen LogP contribution < -0.4 is 4.74 Å². The maximum absolute atomic E-state index is 11.1. The summed E-state index contributed by atoms with van der Waals surface area (Å²) in [5, 5.41) is 21.0. The third-order valence-electron chi connectivity index (χ3n) is 5.61. The van der Waals surface area contributed by atoms with Gasteiger partial charge < -0.3 is 19.4 Å². The second kappa shape index (κ2) is 10.2. The minimum absolute atomic E-state index is 0.0264. The molecule has 1 unspecified atom stereocenters. The van der Waals surface area contributed by atoms with E-state index in [1.54, 1.807) is 35.6 Å². The van der Waals surface area contributed by atoms with Gasteiger partial charge in [-0.3, -0.25) is 0 Å². The van der Waals surface area contributed by atoms with E-state index in [0.717, 1.165) is 29.0 Å². The lowest BCUT2D eigenvalue weighted by molar-refractivity contribution is -0.156. The van der Waals surface area contributed by atoms with Gasteiger partial charge in [0, 0.05) is 23.3 Å². The molecule has 2 heterocycles. The lowest BCUT2D eigenvalue weighted by Crippen LogP contribution is -2.37. The Labute approximate surface area is 202 Å². The zero-order valence-electron chi connectivity index (χ0n) is 19.2. The summed E-state index contributed by atoms with van der Waals surface area (Å²) in [6.07, 6.45) is 9.82. The van der Waals surface area contributed by atoms with Gasteiger partial charge in [0.15, 0.2) is 5.60 Å². The zero-order valence-corrected chi connectivity index (χ0v) is 20.0. The fraction of sp³-hybridized carbons (Fsp3) is 0.259. The van der Waals surface area contributed by atoms with E-state index in [-0.39, 0.29) is 6.42 Å². The Hall–Kier alpha value is -3.42. The molecular weight excluding hydrogens is 450 g/mol. The van der Waals surface area contributed by atoms with Crippen LogP contribution in [0.5, 0.6) is 5.75 Å². The number of hydrogen-bond acceptors (Lipinski definition) is 6. The zero-order chi connectivity index (χ0) is 24.1. The van der Waals surface area contributed by atoms with E-state index in [1.165, 1.54) is 17.4 Å². The normalized spacial score (nSPS) is 15.3. The molecule has 2 aromatic heterocycles. The van der Waals surface area contributed by atoms with E-state index < -0.39 is 11.6 Å². The average Bonchev–Trinajstić information content (AvgIpc) is 3.39. The van der Waals surface area contributed by atoms with Crippen LogP contribution in [0, 0.1) is 6.92 Å². The summed E-state index contributed by atoms with van der Waals surface area (Å²) >= 11 is 1.72. The van der Waals surface area contributed by atoms with Crippen LogP contribution >= 0.6 is 11.3 Å². The monoisotopic (exact) mass is 477 g/mol. The number of carboxylic acids is 1. The summed E-state index contributed by atoms with van der Waals surface area (Å²) in [6, 6.07) is 11.2. The maximum atomic E-state index is 11.1. The van der Waals surface area contributed by atoms with E-state index in [4.69, 9.17) is 19.2 Å². The molecule has 0 saturated carbocycles. The molecule has 0 amide bonds. The van der Waals surface area contributed by atoms with E-state index in [2.05, 4.69) is 41.8 Å². The minimum Gasteiger partial charge on any atom is -0.493 e. The summed E-state index contributed by atoms with van der Waals surface area (Å²) in [7, 11) is 0. The second-order valence-corrected chi connectivity index (χ2v) is 9.37. The molecule has 1 aliphatic carbocycles. The number of allylic oxidation sites excluding steroid dienone is 6. The van der Waals surface area contributed by atoms with Crippen LogP contribution in [0.25, 0.3) is 11.1 Å². The lowest BCUT2D eigenvalue weighted by atomic mass is 9.97. The molecule has 0 radical (unpaired) electrons. The van der Waals surface area contributed by atoms with Gasteiger partial charge in [0.1, 0.15) is 11.5 Å². The molecule has 4 rings (SSSR count). The molecule has 0 bridgehead atoms. The Kier molecular flexibility index (Phi) is 7.14. The highest BCUT2D eigenvalue weighted by molar-refractivity contribution is 7.11. The fourth-order valence-electron chi connectivity index (χ4n) is 3.63. The van der Waals surface area contributed by atoms with Crippen molar-refractivity contribution >= 4 is 28.5 Å². The highest BCUT2D eigenvalue weighted by atomic mass is 32.1. The number of oxazole rings is 1. The van der Waals surface area contributed by atoms with Crippen LogP contribution in [-0.2, 0) is 17.6 Å². The number of aryl methyl sites for hydroxylation is 1. The molecule has 0 spiro atoms. The predicted octanol–water partition coefficient (Wildman–Crippen LogP) is 5.47. The molecule has 1 aromatic carbocycles. The smallest absolute Gasteiger partial charge is 0.335 e. The minimum atomic E-state index is -1.80. The van der Waals surface area contributed by atoms with Crippen molar-refractivity contribution in [1.82, 2.24) is 4.98 Å². The Morgan fingerprint density at radius 2 is 2.03 bits per heavy atom. The van der Waals surface area contributed by atoms with Crippen molar-refractivity contribution in [3.05, 3.63) is 93.9 Å². The van der Waals surface area contributed by atoms with Crippen LogP contribution in [0.1, 0.15) is 41.1 Å². The number of thiophene rings is 1. The molecule has 0 aliphatic heterocycles. The molecule has 3 aromatic rings. The van der Waals surface area contributed by atoms with E-state index in [9.17, 15) is 9.90 Å². The third-order valence-corrected chi connectivity index (χ3v) is 6.53. The van der Waals surface area contributed by atoms with Crippen molar-refractivity contribution in [2.24, 2.45) is 0 Å². The highest BCUT2D eigenvalue weighted by Gasteiger charge is 2.29. The summed E-state index contributed by atoms with van der Waals surface area (Å²) < 4.78 is 11.8. The van der Waals surface area contributed by atoms with E-state index >= 15 is 0 Å². The third kappa shape index (κ3) is 5.73. The van der Waals surface area contributed by atoms with Gasteiger partial charge in [-0.25, -0.2) is 9.78 Å². The number of carbonyl (C=O) groups is 1. The Morgan fingerprint density at radius 3 is 2.74 bits per heavy atom. The Balaban J connectivity index is 1.35. The predicted molar refractivity (Wildman–Crippen MR) is 133 cm³/mol. The number of carboxylic acid groups (broad SMARTS) is 1. The molecule has 1 aliphatic rings. The first-order chi connectivity index (χ1) is 16.3. The van der Waals surface area contributed by atoms with Crippen LogP contribution in [0.15, 0.2) is 70.5 Å². The van der Waals surface area contributed by atoms with Gasteiger partial charge in [-0.1, -0.05) is 42.5 Å². The number of hydrogen-bond donors (Lipinski definition) is 2. The SMILES string of the molecule is Cc1oc(C2=CC=C(c3cccs3)C=CC2)nc1CCOc1ccc(CC(C)(O)C(=O)O)cc1. The number of aliphatic carboxylic acids is 1. The molecule has 1 atom stereocenters. The number of aliphatic hydroxyl groups is 1. The van der Waals surface area contributed by atoms with Crippen LogP contribution in [0.3, 0.4) is 0 Å². The van der Waals surface area contributed by atoms with Gasteiger partial charge in [0.2, 0.25) is 5.89 Å². The largest absolute Gasteiger partial charge is 0.493 e. The number of ether oxygens (including phenoxy) is 1. The van der Waals surface area contributed by atoms with Gasteiger partial charge >= 0.3 is 5.97 Å². The summed E-state index contributed by atoms with van der Waals surface area (Å²) in [4.78, 5) is 17.0. The maximum Gasteiger partial charge on any atom is 0.335 e. The molecule has 6 nitrogen and oxygen atoms in total. The average molecular weight is 478 g/mol. The van der Waals surface area contributed by atoms with E-state index in [0.29, 0.717) is 24.7 Å². The molecular formula is C27H27NO5S. The van der Waals surface area contributed by atoms with Gasteiger partial charge in [-0.15, -0.1) is 11.3 Å². The second-order valence-electron chi connectivity index (χ2n) is 8.42. The van der Waals surface area contributed by atoms with Crippen LogP contribution in [0.2, 0.25) is 0 Å². The number of nitrogens with zero attached hydrogens (tertiary/aromatic N) is 1. The fourth-order valence-corrected chi connectivity index (χ4v) is 4.37. The van der Waals surface area contributed by atoms with Gasteiger partial charge in [-0.05, 0) is 55.0 Å². The number of benzene rings is 1. The lowest BCUT2D eigenvalue weighted by Gasteiger charge is -2.17. The molecule has 176 valence electrons. The first-order valence-corrected chi connectivity index (χ1v) is 12.0. The Bertz CT molecular complexity index is 1230. The van der Waals surface area contributed by atoms with E-state index in [1.807, 2.05) is 6.92 Å². The van der Waals surface area contributed by atoms with Crippen LogP contribution in [-0.4, -0.2) is 33.4 Å². The van der Waals surface area contributed by atoms with Crippen molar-refractivity contribution in [2.75, 3.05) is 6.61 Å². The first-order valence-electron chi connectivity index (χ1n) is 11.1. The molecule has 0 saturated heterocycles. The van der Waals surface area contributed by atoms with Crippen molar-refractivity contribution in [1.29, 1.82) is 0 Å². The first kappa shape index (κ1) is 23.7. The summed E-state index contributed by atoms with van der Waals surface area (Å²) in [5.74, 6) is 0.838. The molecule has 34 heavy (non-hydrogen) atoms. The number of aromatic nitrogens is 1. The van der Waals surface area contributed by atoms with Crippen molar-refractivity contribution in [3.8, 4) is 5.75 Å². The summed E-state index contributed by atoms with van der Waals surface area (Å²) in [6.45, 7) is 3.63. The number of rotatable bonds is 9. The molecule has 7 heteroatoms. The quantitative estimate of drug-likeness (QED) is 0.424. The van der Waals surface area contributed by atoms with Crippen molar-refractivity contribution in [3.63, 3.8) is 0 Å². The van der Waals surface area contributed by atoms with Crippen molar-refractivity contribution < 1.29 is 24.2 Å². The van der Waals surface area contributed by atoms with Gasteiger partial charge in [0.25, 0.3) is 0 Å². The van der Waals surface area contributed by atoms with Crippen molar-refractivity contribution in [2.45, 2.75) is 38.7 Å². The summed E-state index contributed by atoms with van der Waals surface area (Å²) in [5.41, 5.74) is 2.00. The van der Waals surface area contributed by atoms with Crippen LogP contribution in [0.4, 0.5) is 0 Å². The highest BCUT2D eigenvalue weighted by Crippen LogP contribution is 2.28. The van der Waals surface area contributed by atoms with Gasteiger partial charge in [0.05, 0.1) is 12.3 Å². The molecule has 2 N–H and O–H groups in total.